The monoisotopic (exact) mass is 412 g/mol. The normalized spacial score (nSPS) is 39.0. The van der Waals surface area contributed by atoms with Crippen LogP contribution in [0.2, 0.25) is 0 Å². The number of nitrogens with one attached hydrogen (secondary N) is 1. The summed E-state index contributed by atoms with van der Waals surface area (Å²) in [5.74, 6) is -0.628. The molecule has 160 valence electrons. The summed E-state index contributed by atoms with van der Waals surface area (Å²) in [6.45, 7) is 6.66. The second kappa shape index (κ2) is 6.80. The van der Waals surface area contributed by atoms with Gasteiger partial charge in [0, 0.05) is 18.9 Å². The van der Waals surface area contributed by atoms with Gasteiger partial charge in [-0.05, 0) is 24.5 Å². The SMILES string of the molecule is CC(C)CCNC(=O)[C@H]1[C@H]2C(=O)N3[C@@H]([C@H](C)C(=O)C[C@H]3c3ccco3)[C@@]23C=C[C@H]1O3. The highest BCUT2D eigenvalue weighted by molar-refractivity contribution is 5.96. The van der Waals surface area contributed by atoms with Crippen LogP contribution in [0.3, 0.4) is 0 Å². The van der Waals surface area contributed by atoms with Gasteiger partial charge in [0.2, 0.25) is 11.8 Å². The molecule has 5 rings (SSSR count). The third kappa shape index (κ3) is 2.57. The molecule has 0 aromatic carbocycles. The van der Waals surface area contributed by atoms with Gasteiger partial charge >= 0.3 is 0 Å². The van der Waals surface area contributed by atoms with Crippen LogP contribution in [0.25, 0.3) is 0 Å². The third-order valence-electron chi connectivity index (χ3n) is 7.28. The largest absolute Gasteiger partial charge is 0.467 e. The Morgan fingerprint density at radius 3 is 2.87 bits per heavy atom. The molecule has 5 heterocycles. The molecule has 0 radical (unpaired) electrons. The maximum atomic E-state index is 13.7. The minimum atomic E-state index is -0.928. The summed E-state index contributed by atoms with van der Waals surface area (Å²) in [5.41, 5.74) is -0.928. The predicted molar refractivity (Wildman–Crippen MR) is 107 cm³/mol. The van der Waals surface area contributed by atoms with E-state index in [0.29, 0.717) is 18.2 Å². The van der Waals surface area contributed by atoms with E-state index in [2.05, 4.69) is 19.2 Å². The molecule has 30 heavy (non-hydrogen) atoms. The van der Waals surface area contributed by atoms with Crippen LogP contribution >= 0.6 is 0 Å². The second-order valence-corrected chi connectivity index (χ2v) is 9.45. The number of hydrogen-bond donors (Lipinski definition) is 1. The lowest BCUT2D eigenvalue weighted by atomic mass is 9.70. The van der Waals surface area contributed by atoms with Crippen molar-refractivity contribution in [3.63, 3.8) is 0 Å². The summed E-state index contributed by atoms with van der Waals surface area (Å²) in [4.78, 5) is 41.5. The number of nitrogens with zero attached hydrogens (tertiary/aromatic N) is 1. The van der Waals surface area contributed by atoms with Crippen LogP contribution in [0.4, 0.5) is 0 Å². The molecule has 2 bridgehead atoms. The number of hydrogen-bond acceptors (Lipinski definition) is 5. The summed E-state index contributed by atoms with van der Waals surface area (Å²) in [7, 11) is 0. The lowest BCUT2D eigenvalue weighted by Gasteiger charge is -2.43. The summed E-state index contributed by atoms with van der Waals surface area (Å²) in [6, 6.07) is 2.68. The lowest BCUT2D eigenvalue weighted by molar-refractivity contribution is -0.148. The van der Waals surface area contributed by atoms with Crippen LogP contribution in [-0.4, -0.2) is 46.8 Å². The molecule has 2 amide bonds. The molecule has 7 nitrogen and oxygen atoms in total. The Labute approximate surface area is 175 Å². The Kier molecular flexibility index (Phi) is 4.43. The Balaban J connectivity index is 1.49. The lowest BCUT2D eigenvalue weighted by Crippen LogP contribution is -2.55. The van der Waals surface area contributed by atoms with Crippen LogP contribution in [0.1, 0.15) is 45.4 Å². The zero-order valence-corrected chi connectivity index (χ0v) is 17.5. The number of fused-ring (bicyclic) bond motifs is 2. The van der Waals surface area contributed by atoms with Crippen molar-refractivity contribution in [1.29, 1.82) is 0 Å². The van der Waals surface area contributed by atoms with Gasteiger partial charge in [0.15, 0.2) is 0 Å². The van der Waals surface area contributed by atoms with E-state index >= 15 is 0 Å². The van der Waals surface area contributed by atoms with E-state index in [1.807, 2.05) is 19.1 Å². The Morgan fingerprint density at radius 1 is 1.37 bits per heavy atom. The number of carbonyl (C=O) groups is 3. The van der Waals surface area contributed by atoms with Crippen LogP contribution < -0.4 is 5.32 Å². The molecule has 3 fully saturated rings. The second-order valence-electron chi connectivity index (χ2n) is 9.45. The van der Waals surface area contributed by atoms with Gasteiger partial charge in [0.25, 0.3) is 0 Å². The summed E-state index contributed by atoms with van der Waals surface area (Å²) in [5, 5.41) is 3.00. The smallest absolute Gasteiger partial charge is 0.230 e. The van der Waals surface area contributed by atoms with E-state index < -0.39 is 35.6 Å². The number of Topliss-reactive ketones (excluding diaryl/α,β-unsaturated/α-hetero) is 1. The van der Waals surface area contributed by atoms with Gasteiger partial charge in [0.1, 0.15) is 17.1 Å². The Bertz CT molecular complexity index is 907. The maximum Gasteiger partial charge on any atom is 0.230 e. The van der Waals surface area contributed by atoms with Gasteiger partial charge in [-0.25, -0.2) is 0 Å². The zero-order chi connectivity index (χ0) is 21.2. The topological polar surface area (TPSA) is 88.9 Å². The molecule has 0 aliphatic carbocycles. The van der Waals surface area contributed by atoms with E-state index in [1.54, 1.807) is 23.3 Å². The summed E-state index contributed by atoms with van der Waals surface area (Å²) in [6.07, 6.45) is 6.05. The molecule has 1 spiro atoms. The molecular weight excluding hydrogens is 384 g/mol. The highest BCUT2D eigenvalue weighted by Crippen LogP contribution is 2.59. The van der Waals surface area contributed by atoms with Crippen LogP contribution in [0.15, 0.2) is 35.0 Å². The summed E-state index contributed by atoms with van der Waals surface area (Å²) >= 11 is 0. The fraction of sp³-hybridized carbons (Fsp3) is 0.609. The first kappa shape index (κ1) is 19.5. The molecule has 7 heteroatoms. The van der Waals surface area contributed by atoms with Crippen LogP contribution in [-0.2, 0) is 19.1 Å². The van der Waals surface area contributed by atoms with E-state index in [-0.39, 0.29) is 29.9 Å². The van der Waals surface area contributed by atoms with Gasteiger partial charge in [-0.15, -0.1) is 0 Å². The highest BCUT2D eigenvalue weighted by Gasteiger charge is 2.74. The predicted octanol–water partition coefficient (Wildman–Crippen LogP) is 2.24. The van der Waals surface area contributed by atoms with Crippen LogP contribution in [0, 0.1) is 23.7 Å². The fourth-order valence-corrected chi connectivity index (χ4v) is 5.86. The number of rotatable bonds is 5. The van der Waals surface area contributed by atoms with E-state index in [1.165, 1.54) is 0 Å². The minimum Gasteiger partial charge on any atom is -0.467 e. The molecule has 3 saturated heterocycles. The fourth-order valence-electron chi connectivity index (χ4n) is 5.86. The van der Waals surface area contributed by atoms with Crippen molar-refractivity contribution in [2.24, 2.45) is 23.7 Å². The van der Waals surface area contributed by atoms with Crippen LogP contribution in [0.5, 0.6) is 0 Å². The molecule has 1 aromatic rings. The van der Waals surface area contributed by atoms with Gasteiger partial charge in [-0.2, -0.15) is 0 Å². The van der Waals surface area contributed by atoms with Crippen molar-refractivity contribution < 1.29 is 23.5 Å². The highest BCUT2D eigenvalue weighted by atomic mass is 16.5. The molecule has 1 aromatic heterocycles. The van der Waals surface area contributed by atoms with Crippen molar-refractivity contribution >= 4 is 17.6 Å². The van der Waals surface area contributed by atoms with E-state index in [4.69, 9.17) is 9.15 Å². The number of ether oxygens (including phenoxy) is 1. The first-order valence-corrected chi connectivity index (χ1v) is 10.9. The van der Waals surface area contributed by atoms with Gasteiger partial charge in [-0.1, -0.05) is 32.9 Å². The van der Waals surface area contributed by atoms with Crippen molar-refractivity contribution in [2.75, 3.05) is 6.54 Å². The number of amides is 2. The number of carbonyl (C=O) groups excluding carboxylic acids is 3. The molecular formula is C23H28N2O5. The van der Waals surface area contributed by atoms with Gasteiger partial charge in [0.05, 0.1) is 36.3 Å². The molecule has 4 aliphatic rings. The molecule has 0 unspecified atom stereocenters. The zero-order valence-electron chi connectivity index (χ0n) is 17.5. The average Bonchev–Trinajstić information content (AvgIpc) is 3.46. The van der Waals surface area contributed by atoms with Crippen molar-refractivity contribution in [2.45, 2.75) is 57.4 Å². The standard InChI is InChI=1S/C23H28N2O5/c1-12(2)7-9-24-21(27)18-17-6-8-23(30-17)19(18)22(28)25-14(16-5-4-10-29-16)11-15(26)13(3)20(23)25/h4-6,8,10,12-14,17-20H,7,9,11H2,1-3H3,(H,24,27)/t13-,14+,17-,18-,19+,20+,23-/m1/s1. The molecule has 7 atom stereocenters. The molecule has 1 N–H and O–H groups in total. The van der Waals surface area contributed by atoms with E-state index in [0.717, 1.165) is 6.42 Å². The van der Waals surface area contributed by atoms with E-state index in [9.17, 15) is 14.4 Å². The Morgan fingerprint density at radius 2 is 2.17 bits per heavy atom. The first-order chi connectivity index (χ1) is 14.3. The minimum absolute atomic E-state index is 0.0887. The van der Waals surface area contributed by atoms with Crippen molar-refractivity contribution in [3.8, 4) is 0 Å². The van der Waals surface area contributed by atoms with Crippen molar-refractivity contribution in [1.82, 2.24) is 10.2 Å². The first-order valence-electron chi connectivity index (χ1n) is 10.9. The van der Waals surface area contributed by atoms with Crippen molar-refractivity contribution in [3.05, 3.63) is 36.3 Å². The average molecular weight is 412 g/mol. The number of ketones is 1. The third-order valence-corrected chi connectivity index (χ3v) is 7.28. The maximum absolute atomic E-state index is 13.7. The van der Waals surface area contributed by atoms with Gasteiger partial charge < -0.3 is 19.4 Å². The Hall–Kier alpha value is -2.41. The quantitative estimate of drug-likeness (QED) is 0.750. The number of piperidine rings is 1. The summed E-state index contributed by atoms with van der Waals surface area (Å²) < 4.78 is 11.9. The molecule has 4 aliphatic heterocycles. The number of furan rings is 1. The van der Waals surface area contributed by atoms with Gasteiger partial charge in [-0.3, -0.25) is 14.4 Å². The molecule has 0 saturated carbocycles.